The van der Waals surface area contributed by atoms with E-state index in [1.165, 1.54) is 29.1 Å². The molecule has 0 aliphatic heterocycles. The molecular weight excluding hydrogens is 355 g/mol. The summed E-state index contributed by atoms with van der Waals surface area (Å²) in [6, 6.07) is 6.85. The number of carbonyl (C=O) groups is 1. The summed E-state index contributed by atoms with van der Waals surface area (Å²) in [5.74, 6) is -1.34. The average Bonchev–Trinajstić information content (AvgIpc) is 3.20. The van der Waals surface area contributed by atoms with Crippen molar-refractivity contribution < 1.29 is 14.1 Å². The summed E-state index contributed by atoms with van der Waals surface area (Å²) in [5.41, 5.74) is 0.117. The molecule has 0 aliphatic carbocycles. The molecule has 0 atom stereocenters. The Kier molecular flexibility index (Phi) is 4.44. The Labute approximate surface area is 144 Å². The van der Waals surface area contributed by atoms with Crippen LogP contribution < -0.4 is 5.32 Å². The van der Waals surface area contributed by atoms with Gasteiger partial charge < -0.3 is 15.4 Å². The highest BCUT2D eigenvalue weighted by atomic mass is 35.5. The van der Waals surface area contributed by atoms with Crippen molar-refractivity contribution in [2.24, 2.45) is 0 Å². The fourth-order valence-corrected chi connectivity index (χ4v) is 2.29. The molecule has 0 spiro atoms. The van der Waals surface area contributed by atoms with Crippen molar-refractivity contribution in [1.29, 1.82) is 0 Å². The van der Waals surface area contributed by atoms with E-state index in [9.17, 15) is 19.3 Å². The Morgan fingerprint density at radius 2 is 2.24 bits per heavy atom. The second-order valence-electron chi connectivity index (χ2n) is 4.95. The molecule has 3 aromatic rings. The van der Waals surface area contributed by atoms with Crippen LogP contribution in [0.2, 0.25) is 5.02 Å². The quantitative estimate of drug-likeness (QED) is 0.532. The molecule has 1 amide bonds. The first kappa shape index (κ1) is 16.6. The van der Waals surface area contributed by atoms with Gasteiger partial charge in [-0.2, -0.15) is 5.10 Å². The number of nitro groups is 1. The first-order valence-corrected chi connectivity index (χ1v) is 7.29. The predicted molar refractivity (Wildman–Crippen MR) is 85.9 cm³/mol. The highest BCUT2D eigenvalue weighted by Gasteiger charge is 2.17. The zero-order valence-electron chi connectivity index (χ0n) is 12.4. The van der Waals surface area contributed by atoms with E-state index < -0.39 is 22.5 Å². The molecule has 0 bridgehead atoms. The van der Waals surface area contributed by atoms with Gasteiger partial charge in [0, 0.05) is 22.8 Å². The van der Waals surface area contributed by atoms with E-state index in [0.29, 0.717) is 0 Å². The number of benzene rings is 1. The second-order valence-corrected chi connectivity index (χ2v) is 5.36. The maximum atomic E-state index is 13.8. The van der Waals surface area contributed by atoms with Gasteiger partial charge >= 0.3 is 5.82 Å². The fraction of sp³-hybridized carbons (Fsp3) is 0.0714. The van der Waals surface area contributed by atoms with Crippen LogP contribution in [0.5, 0.6) is 0 Å². The van der Waals surface area contributed by atoms with E-state index in [0.717, 1.165) is 6.07 Å². The molecule has 2 aromatic heterocycles. The number of hydrogen-bond donors (Lipinski definition) is 2. The molecular formula is C14H10ClFN6O3. The van der Waals surface area contributed by atoms with Gasteiger partial charge in [0.25, 0.3) is 5.91 Å². The van der Waals surface area contributed by atoms with Gasteiger partial charge in [-0.25, -0.2) is 4.39 Å². The van der Waals surface area contributed by atoms with Crippen molar-refractivity contribution in [3.8, 4) is 0 Å². The third-order valence-electron chi connectivity index (χ3n) is 3.26. The van der Waals surface area contributed by atoms with E-state index in [2.05, 4.69) is 20.6 Å². The number of aromatic nitrogens is 4. The molecule has 25 heavy (non-hydrogen) atoms. The van der Waals surface area contributed by atoms with E-state index in [-0.39, 0.29) is 28.6 Å². The molecule has 11 heteroatoms. The smallest absolute Gasteiger partial charge is 0.343 e. The van der Waals surface area contributed by atoms with Crippen molar-refractivity contribution in [3.05, 3.63) is 68.7 Å². The normalized spacial score (nSPS) is 10.6. The minimum Gasteiger partial charge on any atom is -0.358 e. The van der Waals surface area contributed by atoms with E-state index in [1.807, 2.05) is 0 Å². The van der Waals surface area contributed by atoms with Gasteiger partial charge in [-0.05, 0) is 17.1 Å². The minimum absolute atomic E-state index is 0.0786. The summed E-state index contributed by atoms with van der Waals surface area (Å²) in [4.78, 5) is 21.9. The summed E-state index contributed by atoms with van der Waals surface area (Å²) in [7, 11) is 0. The zero-order valence-corrected chi connectivity index (χ0v) is 13.2. The van der Waals surface area contributed by atoms with Crippen molar-refractivity contribution in [1.82, 2.24) is 20.0 Å². The van der Waals surface area contributed by atoms with Crippen LogP contribution in [-0.2, 0) is 6.54 Å². The third-order valence-corrected chi connectivity index (χ3v) is 3.61. The molecule has 0 unspecified atom stereocenters. The molecule has 3 rings (SSSR count). The number of amides is 1. The number of nitrogens with zero attached hydrogens (tertiary/aromatic N) is 4. The lowest BCUT2D eigenvalue weighted by atomic mass is 10.2. The van der Waals surface area contributed by atoms with E-state index >= 15 is 0 Å². The predicted octanol–water partition coefficient (Wildman–Crippen LogP) is 2.61. The van der Waals surface area contributed by atoms with E-state index in [4.69, 9.17) is 11.6 Å². The molecule has 0 fully saturated rings. The van der Waals surface area contributed by atoms with Gasteiger partial charge in [-0.1, -0.05) is 22.8 Å². The van der Waals surface area contributed by atoms with Crippen LogP contribution >= 0.6 is 11.6 Å². The lowest BCUT2D eigenvalue weighted by Crippen LogP contribution is -2.13. The Balaban J connectivity index is 1.71. The number of carbonyl (C=O) groups excluding carboxylic acids is 1. The summed E-state index contributed by atoms with van der Waals surface area (Å²) in [6.45, 7) is 0.0786. The number of halogens is 2. The molecule has 0 radical (unpaired) electrons. The molecule has 0 aliphatic rings. The number of H-pyrrole nitrogens is 1. The van der Waals surface area contributed by atoms with E-state index in [1.54, 1.807) is 6.07 Å². The van der Waals surface area contributed by atoms with Crippen molar-refractivity contribution in [3.63, 3.8) is 0 Å². The first-order valence-electron chi connectivity index (χ1n) is 6.91. The molecule has 0 saturated carbocycles. The lowest BCUT2D eigenvalue weighted by Gasteiger charge is -2.05. The Hall–Kier alpha value is -3.27. The van der Waals surface area contributed by atoms with Gasteiger partial charge in [-0.3, -0.25) is 9.48 Å². The van der Waals surface area contributed by atoms with Crippen molar-refractivity contribution in [2.75, 3.05) is 5.32 Å². The molecule has 9 nitrogen and oxygen atoms in total. The van der Waals surface area contributed by atoms with Crippen LogP contribution in [0.1, 0.15) is 16.1 Å². The number of nitrogens with one attached hydrogen (secondary N) is 2. The first-order chi connectivity index (χ1) is 11.9. The Bertz CT molecular complexity index is 933. The number of hydrogen-bond acceptors (Lipinski definition) is 5. The van der Waals surface area contributed by atoms with Crippen LogP contribution in [0.15, 0.2) is 36.5 Å². The van der Waals surface area contributed by atoms with Crippen molar-refractivity contribution >= 4 is 29.1 Å². The van der Waals surface area contributed by atoms with Gasteiger partial charge in [0.15, 0.2) is 11.5 Å². The lowest BCUT2D eigenvalue weighted by molar-refractivity contribution is -0.389. The number of aromatic amines is 1. The summed E-state index contributed by atoms with van der Waals surface area (Å²) >= 11 is 5.96. The summed E-state index contributed by atoms with van der Waals surface area (Å²) in [5, 5.41) is 23.0. The van der Waals surface area contributed by atoms with Crippen LogP contribution in [0.3, 0.4) is 0 Å². The zero-order chi connectivity index (χ0) is 18.0. The maximum absolute atomic E-state index is 13.8. The summed E-state index contributed by atoms with van der Waals surface area (Å²) in [6.07, 6.45) is 1.53. The Morgan fingerprint density at radius 3 is 2.92 bits per heavy atom. The molecule has 0 saturated heterocycles. The Morgan fingerprint density at radius 1 is 1.44 bits per heavy atom. The number of rotatable bonds is 5. The number of anilines is 1. The average molecular weight is 365 g/mol. The van der Waals surface area contributed by atoms with Crippen molar-refractivity contribution in [2.45, 2.75) is 6.54 Å². The van der Waals surface area contributed by atoms with Crippen LogP contribution in [0.25, 0.3) is 0 Å². The van der Waals surface area contributed by atoms with Gasteiger partial charge in [-0.15, -0.1) is 5.10 Å². The molecule has 1 aromatic carbocycles. The van der Waals surface area contributed by atoms with Crippen LogP contribution in [0, 0.1) is 15.9 Å². The van der Waals surface area contributed by atoms with Gasteiger partial charge in [0.05, 0.1) is 12.6 Å². The highest BCUT2D eigenvalue weighted by Crippen LogP contribution is 2.20. The van der Waals surface area contributed by atoms with Gasteiger partial charge in [0.1, 0.15) is 5.82 Å². The molecule has 2 N–H and O–H groups in total. The van der Waals surface area contributed by atoms with Crippen LogP contribution in [0.4, 0.5) is 16.0 Å². The second kappa shape index (κ2) is 6.69. The monoisotopic (exact) mass is 364 g/mol. The fourth-order valence-electron chi connectivity index (χ4n) is 2.06. The highest BCUT2D eigenvalue weighted by molar-refractivity contribution is 6.31. The largest absolute Gasteiger partial charge is 0.358 e. The summed E-state index contributed by atoms with van der Waals surface area (Å²) < 4.78 is 15.2. The van der Waals surface area contributed by atoms with Crippen LogP contribution in [-0.4, -0.2) is 30.8 Å². The standard InChI is InChI=1S/C14H10ClFN6O3/c15-9-2-1-3-10(16)8(9)7-21-5-4-12(20-21)17-14(23)11-6-13(19-18-11)22(24)25/h1-6H,7H2,(H,18,19)(H,17,20,23). The van der Waals surface area contributed by atoms with Gasteiger partial charge in [0.2, 0.25) is 0 Å². The molecule has 2 heterocycles. The topological polar surface area (TPSA) is 119 Å². The minimum atomic E-state index is -0.698. The maximum Gasteiger partial charge on any atom is 0.343 e. The third kappa shape index (κ3) is 3.63. The SMILES string of the molecule is O=C(Nc1ccn(Cc2c(F)cccc2Cl)n1)c1cc([N+](=O)[O-])[nH]n1. The molecule has 128 valence electrons.